The first-order valence-electron chi connectivity index (χ1n) is 4.99. The molecule has 1 heterocycles. The van der Waals surface area contributed by atoms with Gasteiger partial charge in [0.05, 0.1) is 17.7 Å². The standard InChI is InChI=1S/C12H8ClFN2O2/c1-18-12(17)9-5-6-15-11(16-9)10-7(13)3-2-4-8(10)14/h2-6H,1H3. The number of halogens is 2. The Hall–Kier alpha value is -2.01. The predicted molar refractivity (Wildman–Crippen MR) is 63.8 cm³/mol. The van der Waals surface area contributed by atoms with E-state index < -0.39 is 11.8 Å². The van der Waals surface area contributed by atoms with Crippen molar-refractivity contribution in [3.8, 4) is 11.4 Å². The van der Waals surface area contributed by atoms with E-state index in [1.54, 1.807) is 0 Å². The minimum absolute atomic E-state index is 0.0426. The molecular weight excluding hydrogens is 259 g/mol. The minimum atomic E-state index is -0.619. The number of nitrogens with zero attached hydrogens (tertiary/aromatic N) is 2. The van der Waals surface area contributed by atoms with Crippen molar-refractivity contribution in [2.75, 3.05) is 7.11 Å². The van der Waals surface area contributed by atoms with Crippen molar-refractivity contribution in [3.05, 3.63) is 47.0 Å². The molecule has 1 aromatic carbocycles. The highest BCUT2D eigenvalue weighted by molar-refractivity contribution is 6.33. The van der Waals surface area contributed by atoms with Crippen LogP contribution in [-0.4, -0.2) is 23.0 Å². The number of rotatable bonds is 2. The summed E-state index contributed by atoms with van der Waals surface area (Å²) in [5.74, 6) is -1.13. The van der Waals surface area contributed by atoms with E-state index in [4.69, 9.17) is 11.6 Å². The van der Waals surface area contributed by atoms with E-state index in [0.29, 0.717) is 0 Å². The average molecular weight is 267 g/mol. The van der Waals surface area contributed by atoms with Crippen molar-refractivity contribution in [1.29, 1.82) is 0 Å². The first-order chi connectivity index (χ1) is 8.63. The third-order valence-electron chi connectivity index (χ3n) is 2.24. The Morgan fingerprint density at radius 1 is 1.39 bits per heavy atom. The lowest BCUT2D eigenvalue weighted by atomic mass is 10.2. The van der Waals surface area contributed by atoms with Gasteiger partial charge in [0.25, 0.3) is 0 Å². The number of ether oxygens (including phenoxy) is 1. The lowest BCUT2D eigenvalue weighted by Gasteiger charge is -2.05. The maximum absolute atomic E-state index is 13.7. The summed E-state index contributed by atoms with van der Waals surface area (Å²) in [5.41, 5.74) is 0.103. The molecule has 0 N–H and O–H groups in total. The van der Waals surface area contributed by atoms with Gasteiger partial charge in [0.15, 0.2) is 11.5 Å². The van der Waals surface area contributed by atoms with E-state index in [2.05, 4.69) is 14.7 Å². The Morgan fingerprint density at radius 3 is 2.83 bits per heavy atom. The largest absolute Gasteiger partial charge is 0.464 e. The molecule has 0 radical (unpaired) electrons. The average Bonchev–Trinajstić information content (AvgIpc) is 2.38. The molecule has 1 aromatic heterocycles. The summed E-state index contributed by atoms with van der Waals surface area (Å²) in [6, 6.07) is 5.62. The number of hydrogen-bond donors (Lipinski definition) is 0. The molecule has 0 spiro atoms. The van der Waals surface area contributed by atoms with Crippen LogP contribution in [-0.2, 0) is 4.74 Å². The summed E-state index contributed by atoms with van der Waals surface area (Å²) in [6.45, 7) is 0. The van der Waals surface area contributed by atoms with Crippen LogP contribution in [0, 0.1) is 5.82 Å². The summed E-state index contributed by atoms with van der Waals surface area (Å²) in [6.07, 6.45) is 1.34. The fourth-order valence-corrected chi connectivity index (χ4v) is 1.66. The summed E-state index contributed by atoms with van der Waals surface area (Å²) in [7, 11) is 1.24. The topological polar surface area (TPSA) is 52.1 Å². The van der Waals surface area contributed by atoms with Gasteiger partial charge in [-0.05, 0) is 18.2 Å². The Balaban J connectivity index is 2.55. The number of methoxy groups -OCH3 is 1. The third-order valence-corrected chi connectivity index (χ3v) is 2.55. The second-order valence-electron chi connectivity index (χ2n) is 3.35. The van der Waals surface area contributed by atoms with Crippen LogP contribution in [0.1, 0.15) is 10.5 Å². The summed E-state index contributed by atoms with van der Waals surface area (Å²) in [5, 5.41) is 0.178. The zero-order chi connectivity index (χ0) is 13.1. The van der Waals surface area contributed by atoms with Crippen molar-refractivity contribution >= 4 is 17.6 Å². The Morgan fingerprint density at radius 2 is 2.17 bits per heavy atom. The van der Waals surface area contributed by atoms with Crippen LogP contribution < -0.4 is 0 Å². The number of aromatic nitrogens is 2. The van der Waals surface area contributed by atoms with Crippen LogP contribution in [0.15, 0.2) is 30.5 Å². The van der Waals surface area contributed by atoms with E-state index >= 15 is 0 Å². The van der Waals surface area contributed by atoms with Gasteiger partial charge in [0.2, 0.25) is 0 Å². The van der Waals surface area contributed by atoms with Gasteiger partial charge < -0.3 is 4.74 Å². The highest BCUT2D eigenvalue weighted by Gasteiger charge is 2.15. The lowest BCUT2D eigenvalue weighted by Crippen LogP contribution is -2.06. The molecule has 6 heteroatoms. The molecule has 0 aliphatic rings. The molecule has 0 amide bonds. The van der Waals surface area contributed by atoms with Crippen molar-refractivity contribution < 1.29 is 13.9 Å². The van der Waals surface area contributed by atoms with Gasteiger partial charge in [-0.3, -0.25) is 0 Å². The van der Waals surface area contributed by atoms with Gasteiger partial charge in [0.1, 0.15) is 5.82 Å². The fourth-order valence-electron chi connectivity index (χ4n) is 1.41. The molecule has 0 aliphatic heterocycles. The molecule has 2 rings (SSSR count). The summed E-state index contributed by atoms with van der Waals surface area (Å²) >= 11 is 5.89. The quantitative estimate of drug-likeness (QED) is 0.784. The number of esters is 1. The molecule has 0 saturated heterocycles. The van der Waals surface area contributed by atoms with Crippen LogP contribution in [0.5, 0.6) is 0 Å². The van der Waals surface area contributed by atoms with Gasteiger partial charge in [-0.2, -0.15) is 0 Å². The Labute approximate surface area is 107 Å². The Bertz CT molecular complexity index is 584. The Kier molecular flexibility index (Phi) is 3.53. The molecule has 0 atom stereocenters. The highest BCUT2D eigenvalue weighted by Crippen LogP contribution is 2.27. The van der Waals surface area contributed by atoms with Crippen molar-refractivity contribution in [3.63, 3.8) is 0 Å². The normalized spacial score (nSPS) is 10.2. The monoisotopic (exact) mass is 266 g/mol. The van der Waals surface area contributed by atoms with Crippen molar-refractivity contribution in [2.45, 2.75) is 0 Å². The molecule has 4 nitrogen and oxygen atoms in total. The molecule has 0 fully saturated rings. The molecular formula is C12H8ClFN2O2. The number of carbonyl (C=O) groups excluding carboxylic acids is 1. The van der Waals surface area contributed by atoms with Crippen molar-refractivity contribution in [1.82, 2.24) is 9.97 Å². The second kappa shape index (κ2) is 5.10. The molecule has 92 valence electrons. The van der Waals surface area contributed by atoms with E-state index in [9.17, 15) is 9.18 Å². The first-order valence-corrected chi connectivity index (χ1v) is 5.37. The SMILES string of the molecule is COC(=O)c1ccnc(-c2c(F)cccc2Cl)n1. The van der Waals surface area contributed by atoms with Crippen LogP contribution in [0.25, 0.3) is 11.4 Å². The van der Waals surface area contributed by atoms with Gasteiger partial charge >= 0.3 is 5.97 Å². The number of carbonyl (C=O) groups is 1. The lowest BCUT2D eigenvalue weighted by molar-refractivity contribution is 0.0594. The zero-order valence-electron chi connectivity index (χ0n) is 9.35. The van der Waals surface area contributed by atoms with Gasteiger partial charge in [-0.25, -0.2) is 19.2 Å². The van der Waals surface area contributed by atoms with Crippen molar-refractivity contribution in [2.24, 2.45) is 0 Å². The van der Waals surface area contributed by atoms with Crippen LogP contribution in [0.2, 0.25) is 5.02 Å². The maximum atomic E-state index is 13.7. The summed E-state index contributed by atoms with van der Waals surface area (Å²) in [4.78, 5) is 19.2. The third kappa shape index (κ3) is 2.31. The molecule has 18 heavy (non-hydrogen) atoms. The van der Waals surface area contributed by atoms with E-state index in [1.165, 1.54) is 37.6 Å². The first kappa shape index (κ1) is 12.4. The van der Waals surface area contributed by atoms with Crippen LogP contribution in [0.4, 0.5) is 4.39 Å². The van der Waals surface area contributed by atoms with E-state index in [-0.39, 0.29) is 22.1 Å². The molecule has 2 aromatic rings. The number of benzene rings is 1. The molecule has 0 aliphatic carbocycles. The minimum Gasteiger partial charge on any atom is -0.464 e. The zero-order valence-corrected chi connectivity index (χ0v) is 10.1. The molecule has 0 unspecified atom stereocenters. The van der Waals surface area contributed by atoms with Gasteiger partial charge in [0, 0.05) is 6.20 Å². The smallest absolute Gasteiger partial charge is 0.356 e. The maximum Gasteiger partial charge on any atom is 0.356 e. The molecule has 0 bridgehead atoms. The predicted octanol–water partition coefficient (Wildman–Crippen LogP) is 2.72. The number of hydrogen-bond acceptors (Lipinski definition) is 4. The highest BCUT2D eigenvalue weighted by atomic mass is 35.5. The van der Waals surface area contributed by atoms with E-state index in [1.807, 2.05) is 0 Å². The van der Waals surface area contributed by atoms with Crippen LogP contribution in [0.3, 0.4) is 0 Å². The van der Waals surface area contributed by atoms with Crippen LogP contribution >= 0.6 is 11.6 Å². The fraction of sp³-hybridized carbons (Fsp3) is 0.0833. The van der Waals surface area contributed by atoms with E-state index in [0.717, 1.165) is 0 Å². The van der Waals surface area contributed by atoms with Gasteiger partial charge in [-0.15, -0.1) is 0 Å². The van der Waals surface area contributed by atoms with Gasteiger partial charge in [-0.1, -0.05) is 17.7 Å². The molecule has 0 saturated carbocycles. The summed E-state index contributed by atoms with van der Waals surface area (Å²) < 4.78 is 18.2. The second-order valence-corrected chi connectivity index (χ2v) is 3.76.